The minimum absolute atomic E-state index is 0.0122. The van der Waals surface area contributed by atoms with Crippen LogP contribution >= 0.6 is 0 Å². The van der Waals surface area contributed by atoms with Gasteiger partial charge in [-0.3, -0.25) is 4.98 Å². The lowest BCUT2D eigenvalue weighted by atomic mass is 10.1. The van der Waals surface area contributed by atoms with Gasteiger partial charge in [0.1, 0.15) is 23.5 Å². The standard InChI is InChI=1S/C21H26N2O5/c1-14-18(19(24)25)17(10-11-22-14)27-13-16(12-15-8-6-5-7-9-15)23-20(26)28-21(2,3)4/h5-11,16H,12-13H2,1-4H3,(H,23,26)(H,24,25)/t16-/m1/s1. The minimum Gasteiger partial charge on any atom is -0.490 e. The predicted octanol–water partition coefficient (Wildman–Crippen LogP) is 3.60. The number of nitrogens with zero attached hydrogens (tertiary/aromatic N) is 1. The van der Waals surface area contributed by atoms with E-state index in [0.29, 0.717) is 12.1 Å². The summed E-state index contributed by atoms with van der Waals surface area (Å²) in [5, 5.41) is 12.2. The Labute approximate surface area is 164 Å². The second-order valence-electron chi connectivity index (χ2n) is 7.42. The molecule has 28 heavy (non-hydrogen) atoms. The molecule has 1 amide bonds. The van der Waals surface area contributed by atoms with E-state index in [2.05, 4.69) is 10.3 Å². The molecule has 7 nitrogen and oxygen atoms in total. The van der Waals surface area contributed by atoms with Gasteiger partial charge in [0.25, 0.3) is 0 Å². The second-order valence-corrected chi connectivity index (χ2v) is 7.42. The quantitative estimate of drug-likeness (QED) is 0.754. The fraction of sp³-hybridized carbons (Fsp3) is 0.381. The summed E-state index contributed by atoms with van der Waals surface area (Å²) >= 11 is 0. The van der Waals surface area contributed by atoms with Gasteiger partial charge in [-0.15, -0.1) is 0 Å². The van der Waals surface area contributed by atoms with E-state index in [1.165, 1.54) is 12.3 Å². The van der Waals surface area contributed by atoms with Crippen LogP contribution in [0.15, 0.2) is 42.6 Å². The van der Waals surface area contributed by atoms with E-state index in [0.717, 1.165) is 5.56 Å². The summed E-state index contributed by atoms with van der Waals surface area (Å²) in [6.45, 7) is 7.05. The Bertz CT molecular complexity index is 815. The number of alkyl carbamates (subject to hydrolysis) is 1. The lowest BCUT2D eigenvalue weighted by Gasteiger charge is -2.24. The first kappa shape index (κ1) is 21.2. The third-order valence-electron chi connectivity index (χ3n) is 3.80. The molecule has 0 aliphatic carbocycles. The number of hydrogen-bond acceptors (Lipinski definition) is 5. The third-order valence-corrected chi connectivity index (χ3v) is 3.80. The maximum absolute atomic E-state index is 12.2. The van der Waals surface area contributed by atoms with E-state index in [-0.39, 0.29) is 17.9 Å². The van der Waals surface area contributed by atoms with Gasteiger partial charge in [0.05, 0.1) is 11.7 Å². The predicted molar refractivity (Wildman–Crippen MR) is 105 cm³/mol. The molecule has 0 aliphatic rings. The summed E-state index contributed by atoms with van der Waals surface area (Å²) in [5.41, 5.74) is 0.764. The van der Waals surface area contributed by atoms with Crippen molar-refractivity contribution in [3.8, 4) is 5.75 Å². The third kappa shape index (κ3) is 6.57. The maximum Gasteiger partial charge on any atom is 0.408 e. The fourth-order valence-corrected chi connectivity index (χ4v) is 2.64. The van der Waals surface area contributed by atoms with Crippen molar-refractivity contribution in [1.29, 1.82) is 0 Å². The molecule has 2 aromatic rings. The minimum atomic E-state index is -1.11. The van der Waals surface area contributed by atoms with E-state index in [1.54, 1.807) is 27.7 Å². The number of aromatic carboxylic acids is 1. The van der Waals surface area contributed by atoms with Crippen molar-refractivity contribution in [3.05, 3.63) is 59.4 Å². The zero-order valence-corrected chi connectivity index (χ0v) is 16.6. The average Bonchev–Trinajstić information content (AvgIpc) is 2.58. The molecule has 0 spiro atoms. The average molecular weight is 386 g/mol. The number of hydrogen-bond donors (Lipinski definition) is 2. The highest BCUT2D eigenvalue weighted by molar-refractivity contribution is 5.91. The van der Waals surface area contributed by atoms with Gasteiger partial charge in [-0.2, -0.15) is 0 Å². The van der Waals surface area contributed by atoms with Crippen LogP contribution in [0.3, 0.4) is 0 Å². The van der Waals surface area contributed by atoms with Gasteiger partial charge in [-0.1, -0.05) is 30.3 Å². The highest BCUT2D eigenvalue weighted by Gasteiger charge is 2.22. The van der Waals surface area contributed by atoms with Gasteiger partial charge in [0, 0.05) is 6.20 Å². The fourth-order valence-electron chi connectivity index (χ4n) is 2.64. The zero-order chi connectivity index (χ0) is 20.7. The number of ether oxygens (including phenoxy) is 2. The Morgan fingerprint density at radius 1 is 1.18 bits per heavy atom. The van der Waals surface area contributed by atoms with Gasteiger partial charge in [-0.05, 0) is 45.7 Å². The Kier molecular flexibility index (Phi) is 6.98. The Morgan fingerprint density at radius 2 is 1.86 bits per heavy atom. The van der Waals surface area contributed by atoms with Gasteiger partial charge >= 0.3 is 12.1 Å². The first-order valence-corrected chi connectivity index (χ1v) is 9.01. The van der Waals surface area contributed by atoms with E-state index in [1.807, 2.05) is 30.3 Å². The summed E-state index contributed by atoms with van der Waals surface area (Å²) in [7, 11) is 0. The molecule has 0 bridgehead atoms. The summed E-state index contributed by atoms with van der Waals surface area (Å²) < 4.78 is 11.1. The molecule has 1 heterocycles. The van der Waals surface area contributed by atoms with Crippen LogP contribution in [0.2, 0.25) is 0 Å². The Morgan fingerprint density at radius 3 is 2.46 bits per heavy atom. The number of carbonyl (C=O) groups is 2. The molecule has 2 N–H and O–H groups in total. The summed E-state index contributed by atoms with van der Waals surface area (Å²) in [4.78, 5) is 27.7. The lowest BCUT2D eigenvalue weighted by molar-refractivity contribution is 0.0485. The largest absolute Gasteiger partial charge is 0.490 e. The van der Waals surface area contributed by atoms with Crippen molar-refractivity contribution in [2.75, 3.05) is 6.61 Å². The number of amides is 1. The van der Waals surface area contributed by atoms with Crippen LogP contribution < -0.4 is 10.1 Å². The topological polar surface area (TPSA) is 97.8 Å². The van der Waals surface area contributed by atoms with Crippen LogP contribution in [0.25, 0.3) is 0 Å². The Hall–Kier alpha value is -3.09. The number of aryl methyl sites for hydroxylation is 1. The van der Waals surface area contributed by atoms with Crippen molar-refractivity contribution >= 4 is 12.1 Å². The van der Waals surface area contributed by atoms with Crippen LogP contribution in [0.1, 0.15) is 42.4 Å². The van der Waals surface area contributed by atoms with Gasteiger partial charge in [-0.25, -0.2) is 9.59 Å². The van der Waals surface area contributed by atoms with Crippen LogP contribution in [0.5, 0.6) is 5.75 Å². The van der Waals surface area contributed by atoms with Crippen molar-refractivity contribution in [1.82, 2.24) is 10.3 Å². The van der Waals surface area contributed by atoms with Crippen LogP contribution in [0.4, 0.5) is 4.79 Å². The molecule has 1 aromatic carbocycles. The normalized spacial score (nSPS) is 12.1. The highest BCUT2D eigenvalue weighted by atomic mass is 16.6. The number of carboxylic acids is 1. The molecule has 2 rings (SSSR count). The lowest BCUT2D eigenvalue weighted by Crippen LogP contribution is -2.43. The molecule has 0 radical (unpaired) electrons. The molecule has 1 atom stereocenters. The number of carbonyl (C=O) groups excluding carboxylic acids is 1. The number of rotatable bonds is 7. The number of carboxylic acid groups (broad SMARTS) is 1. The molecule has 0 saturated carbocycles. The number of benzene rings is 1. The zero-order valence-electron chi connectivity index (χ0n) is 16.6. The molecule has 150 valence electrons. The van der Waals surface area contributed by atoms with Crippen molar-refractivity contribution in [3.63, 3.8) is 0 Å². The first-order valence-electron chi connectivity index (χ1n) is 9.01. The van der Waals surface area contributed by atoms with Crippen molar-refractivity contribution in [2.45, 2.75) is 45.8 Å². The van der Waals surface area contributed by atoms with Crippen molar-refractivity contribution in [2.24, 2.45) is 0 Å². The van der Waals surface area contributed by atoms with Gasteiger partial charge in [0.15, 0.2) is 0 Å². The smallest absolute Gasteiger partial charge is 0.408 e. The van der Waals surface area contributed by atoms with Crippen LogP contribution in [0, 0.1) is 6.92 Å². The molecule has 0 aliphatic heterocycles. The van der Waals surface area contributed by atoms with Gasteiger partial charge < -0.3 is 19.9 Å². The SMILES string of the molecule is Cc1nccc(OC[C@@H](Cc2ccccc2)NC(=O)OC(C)(C)C)c1C(=O)O. The van der Waals surface area contributed by atoms with E-state index in [4.69, 9.17) is 9.47 Å². The molecule has 0 saturated heterocycles. The van der Waals surface area contributed by atoms with Crippen molar-refractivity contribution < 1.29 is 24.2 Å². The number of pyridine rings is 1. The van der Waals surface area contributed by atoms with Crippen LogP contribution in [-0.4, -0.2) is 40.4 Å². The van der Waals surface area contributed by atoms with E-state index < -0.39 is 23.7 Å². The second kappa shape index (κ2) is 9.21. The molecule has 1 aromatic heterocycles. The Balaban J connectivity index is 2.14. The van der Waals surface area contributed by atoms with Crippen LogP contribution in [-0.2, 0) is 11.2 Å². The maximum atomic E-state index is 12.2. The first-order chi connectivity index (χ1) is 13.2. The highest BCUT2D eigenvalue weighted by Crippen LogP contribution is 2.21. The number of aromatic nitrogens is 1. The van der Waals surface area contributed by atoms with E-state index in [9.17, 15) is 14.7 Å². The molecule has 0 fully saturated rings. The monoisotopic (exact) mass is 386 g/mol. The summed E-state index contributed by atoms with van der Waals surface area (Å²) in [6, 6.07) is 10.7. The molecule has 7 heteroatoms. The van der Waals surface area contributed by atoms with E-state index >= 15 is 0 Å². The molecular formula is C21H26N2O5. The molecule has 0 unspecified atom stereocenters. The number of nitrogens with one attached hydrogen (secondary N) is 1. The molecular weight excluding hydrogens is 360 g/mol. The summed E-state index contributed by atoms with van der Waals surface area (Å²) in [5.74, 6) is -0.899. The van der Waals surface area contributed by atoms with Gasteiger partial charge in [0.2, 0.25) is 0 Å². The summed E-state index contributed by atoms with van der Waals surface area (Å²) in [6.07, 6.45) is 1.44.